The van der Waals surface area contributed by atoms with Gasteiger partial charge in [0.1, 0.15) is 0 Å². The van der Waals surface area contributed by atoms with Crippen LogP contribution in [0, 0.1) is 4.77 Å². The van der Waals surface area contributed by atoms with Crippen LogP contribution in [0.4, 0.5) is 0 Å². The molecule has 0 aliphatic carbocycles. The molecule has 1 rings (SSSR count). The van der Waals surface area contributed by atoms with Gasteiger partial charge in [-0.05, 0) is 18.5 Å². The van der Waals surface area contributed by atoms with Crippen LogP contribution in [0.15, 0.2) is 6.20 Å². The van der Waals surface area contributed by atoms with Crippen LogP contribution < -0.4 is 0 Å². The zero-order valence-corrected chi connectivity index (χ0v) is 10.9. The van der Waals surface area contributed by atoms with Crippen molar-refractivity contribution in [1.29, 1.82) is 0 Å². The van der Waals surface area contributed by atoms with E-state index in [1.807, 2.05) is 18.0 Å². The Kier molecular flexibility index (Phi) is 3.84. The maximum atomic E-state index is 5.25. The number of H-pyrrole nitrogens is 1. The number of aromatic amines is 1. The van der Waals surface area contributed by atoms with Crippen LogP contribution in [-0.2, 0) is 12.0 Å². The van der Waals surface area contributed by atoms with Gasteiger partial charge in [0.15, 0.2) is 4.77 Å². The van der Waals surface area contributed by atoms with E-state index in [4.69, 9.17) is 12.2 Å². The van der Waals surface area contributed by atoms with Gasteiger partial charge >= 0.3 is 0 Å². The van der Waals surface area contributed by atoms with Gasteiger partial charge in [0, 0.05) is 29.6 Å². The average molecular weight is 230 g/mol. The molecule has 2 nitrogen and oxygen atoms in total. The van der Waals surface area contributed by atoms with Gasteiger partial charge in [-0.1, -0.05) is 20.8 Å². The second kappa shape index (κ2) is 4.53. The zero-order valence-electron chi connectivity index (χ0n) is 9.26. The summed E-state index contributed by atoms with van der Waals surface area (Å²) in [6.45, 7) is 7.62. The minimum absolute atomic E-state index is 0.159. The number of rotatable bonds is 3. The molecule has 0 aliphatic rings. The standard InChI is InChI=1S/C10H18N2S2/c1-10(2,3)8-7-11-9(13)12(8)5-6-14-4/h7H,5-6H2,1-4H3,(H,11,13). The van der Waals surface area contributed by atoms with Crippen LogP contribution in [0.2, 0.25) is 0 Å². The van der Waals surface area contributed by atoms with Crippen LogP contribution in [0.1, 0.15) is 26.5 Å². The predicted molar refractivity (Wildman–Crippen MR) is 66.7 cm³/mol. The highest BCUT2D eigenvalue weighted by atomic mass is 32.2. The number of thioether (sulfide) groups is 1. The van der Waals surface area contributed by atoms with Gasteiger partial charge < -0.3 is 9.55 Å². The molecule has 0 unspecified atom stereocenters. The molecule has 1 heterocycles. The Morgan fingerprint density at radius 1 is 1.50 bits per heavy atom. The monoisotopic (exact) mass is 230 g/mol. The first-order valence-corrected chi connectivity index (χ1v) is 6.54. The van der Waals surface area contributed by atoms with Crippen molar-refractivity contribution in [3.63, 3.8) is 0 Å². The quantitative estimate of drug-likeness (QED) is 0.805. The van der Waals surface area contributed by atoms with E-state index in [1.165, 1.54) is 5.69 Å². The summed E-state index contributed by atoms with van der Waals surface area (Å²) < 4.78 is 3.04. The summed E-state index contributed by atoms with van der Waals surface area (Å²) in [5.74, 6) is 1.11. The molecule has 0 spiro atoms. The van der Waals surface area contributed by atoms with Crippen molar-refractivity contribution in [2.24, 2.45) is 0 Å². The normalized spacial score (nSPS) is 12.0. The fraction of sp³-hybridized carbons (Fsp3) is 0.700. The topological polar surface area (TPSA) is 20.7 Å². The largest absolute Gasteiger partial charge is 0.337 e. The van der Waals surface area contributed by atoms with Crippen molar-refractivity contribution in [2.75, 3.05) is 12.0 Å². The molecule has 0 amide bonds. The summed E-state index contributed by atoms with van der Waals surface area (Å²) >= 11 is 7.10. The van der Waals surface area contributed by atoms with Crippen molar-refractivity contribution < 1.29 is 0 Å². The van der Waals surface area contributed by atoms with E-state index in [-0.39, 0.29) is 5.41 Å². The van der Waals surface area contributed by atoms with Gasteiger partial charge in [-0.3, -0.25) is 0 Å². The third-order valence-electron chi connectivity index (χ3n) is 2.16. The van der Waals surface area contributed by atoms with Crippen LogP contribution in [-0.4, -0.2) is 21.6 Å². The molecular weight excluding hydrogens is 212 g/mol. The summed E-state index contributed by atoms with van der Waals surface area (Å²) in [6.07, 6.45) is 4.15. The highest BCUT2D eigenvalue weighted by Crippen LogP contribution is 2.22. The lowest BCUT2D eigenvalue weighted by Gasteiger charge is -2.20. The average Bonchev–Trinajstić information content (AvgIpc) is 2.42. The molecule has 80 valence electrons. The van der Waals surface area contributed by atoms with Gasteiger partial charge in [-0.15, -0.1) is 0 Å². The highest BCUT2D eigenvalue weighted by Gasteiger charge is 2.18. The molecular formula is C10H18N2S2. The Hall–Kier alpha value is -0.220. The van der Waals surface area contributed by atoms with Gasteiger partial charge in [-0.25, -0.2) is 0 Å². The number of aromatic nitrogens is 2. The first-order valence-electron chi connectivity index (χ1n) is 4.74. The van der Waals surface area contributed by atoms with Crippen molar-refractivity contribution >= 4 is 24.0 Å². The highest BCUT2D eigenvalue weighted by molar-refractivity contribution is 7.98. The van der Waals surface area contributed by atoms with E-state index in [0.29, 0.717) is 0 Å². The van der Waals surface area contributed by atoms with E-state index < -0.39 is 0 Å². The third kappa shape index (κ3) is 2.64. The molecule has 0 aliphatic heterocycles. The van der Waals surface area contributed by atoms with Crippen molar-refractivity contribution in [2.45, 2.75) is 32.7 Å². The van der Waals surface area contributed by atoms with Gasteiger partial charge in [0.05, 0.1) is 0 Å². The van der Waals surface area contributed by atoms with Gasteiger partial charge in [-0.2, -0.15) is 11.8 Å². The number of imidazole rings is 1. The van der Waals surface area contributed by atoms with Gasteiger partial charge in [0.25, 0.3) is 0 Å². The van der Waals surface area contributed by atoms with Crippen molar-refractivity contribution in [1.82, 2.24) is 9.55 Å². The third-order valence-corrected chi connectivity index (χ3v) is 3.08. The molecule has 0 saturated carbocycles. The maximum absolute atomic E-state index is 5.25. The molecule has 0 fully saturated rings. The van der Waals surface area contributed by atoms with E-state index >= 15 is 0 Å². The Labute approximate surface area is 95.1 Å². The number of hydrogen-bond acceptors (Lipinski definition) is 2. The van der Waals surface area contributed by atoms with Crippen LogP contribution >= 0.6 is 24.0 Å². The first kappa shape index (κ1) is 11.9. The number of nitrogens with zero attached hydrogens (tertiary/aromatic N) is 1. The molecule has 0 bridgehead atoms. The molecule has 4 heteroatoms. The van der Waals surface area contributed by atoms with Gasteiger partial charge in [0.2, 0.25) is 0 Å². The van der Waals surface area contributed by atoms with E-state index in [0.717, 1.165) is 17.1 Å². The smallest absolute Gasteiger partial charge is 0.177 e. The fourth-order valence-corrected chi connectivity index (χ4v) is 2.03. The van der Waals surface area contributed by atoms with Crippen LogP contribution in [0.25, 0.3) is 0 Å². The molecule has 0 atom stereocenters. The van der Waals surface area contributed by atoms with E-state index in [9.17, 15) is 0 Å². The maximum Gasteiger partial charge on any atom is 0.177 e. The van der Waals surface area contributed by atoms with E-state index in [1.54, 1.807) is 0 Å². The summed E-state index contributed by atoms with van der Waals surface area (Å²) in [6, 6.07) is 0. The second-order valence-electron chi connectivity index (χ2n) is 4.37. The lowest BCUT2D eigenvalue weighted by atomic mass is 9.93. The van der Waals surface area contributed by atoms with Crippen LogP contribution in [0.3, 0.4) is 0 Å². The first-order chi connectivity index (χ1) is 6.46. The minimum Gasteiger partial charge on any atom is -0.337 e. The lowest BCUT2D eigenvalue weighted by molar-refractivity contribution is 0.525. The molecule has 14 heavy (non-hydrogen) atoms. The molecule has 1 N–H and O–H groups in total. The van der Waals surface area contributed by atoms with Crippen LogP contribution in [0.5, 0.6) is 0 Å². The van der Waals surface area contributed by atoms with Crippen molar-refractivity contribution in [3.05, 3.63) is 16.7 Å². The molecule has 1 aromatic heterocycles. The summed E-state index contributed by atoms with van der Waals surface area (Å²) in [5.41, 5.74) is 1.45. The molecule has 0 radical (unpaired) electrons. The molecule has 0 saturated heterocycles. The summed E-state index contributed by atoms with van der Waals surface area (Å²) in [4.78, 5) is 3.12. The zero-order chi connectivity index (χ0) is 10.8. The number of hydrogen-bond donors (Lipinski definition) is 1. The predicted octanol–water partition coefficient (Wildman–Crippen LogP) is 3.21. The molecule has 1 aromatic rings. The van der Waals surface area contributed by atoms with E-state index in [2.05, 4.69) is 36.6 Å². The lowest BCUT2D eigenvalue weighted by Crippen LogP contribution is -2.18. The summed E-state index contributed by atoms with van der Waals surface area (Å²) in [5, 5.41) is 0. The second-order valence-corrected chi connectivity index (χ2v) is 5.75. The minimum atomic E-state index is 0.159. The molecule has 0 aromatic carbocycles. The Bertz CT molecular complexity index is 344. The summed E-state index contributed by atoms with van der Waals surface area (Å²) in [7, 11) is 0. The fourth-order valence-electron chi connectivity index (χ4n) is 1.42. The Balaban J connectivity index is 3.01. The SMILES string of the molecule is CSCCn1c(C(C)(C)C)c[nH]c1=S. The Morgan fingerprint density at radius 3 is 2.64 bits per heavy atom. The Morgan fingerprint density at radius 2 is 2.14 bits per heavy atom. The van der Waals surface area contributed by atoms with Crippen molar-refractivity contribution in [3.8, 4) is 0 Å². The number of nitrogens with one attached hydrogen (secondary N) is 1.